The highest BCUT2D eigenvalue weighted by molar-refractivity contribution is 4.71. The highest BCUT2D eigenvalue weighted by Gasteiger charge is 2.15. The maximum Gasteiger partial charge on any atom is 0.000299 e. The van der Waals surface area contributed by atoms with Crippen LogP contribution in [-0.2, 0) is 0 Å². The maximum absolute atomic E-state index is 5.56. The van der Waals surface area contributed by atoms with E-state index in [1.807, 2.05) is 0 Å². The van der Waals surface area contributed by atoms with Crippen LogP contribution in [0.15, 0.2) is 0 Å². The molecule has 0 amide bonds. The van der Waals surface area contributed by atoms with Crippen LogP contribution in [0.5, 0.6) is 0 Å². The molecule has 0 spiro atoms. The first kappa shape index (κ1) is 13.9. The Hall–Kier alpha value is -0.0800. The average molecular weight is 200 g/mol. The summed E-state index contributed by atoms with van der Waals surface area (Å²) in [6.45, 7) is 12.1. The molecule has 0 aliphatic carbocycles. The van der Waals surface area contributed by atoms with Gasteiger partial charge < -0.3 is 11.1 Å². The average Bonchev–Trinajstić information content (AvgIpc) is 2.02. The Bertz CT molecular complexity index is 130. The second-order valence-electron chi connectivity index (χ2n) is 5.42. The highest BCUT2D eigenvalue weighted by atomic mass is 14.9. The van der Waals surface area contributed by atoms with Crippen molar-refractivity contribution >= 4 is 0 Å². The summed E-state index contributed by atoms with van der Waals surface area (Å²) >= 11 is 0. The van der Waals surface area contributed by atoms with Gasteiger partial charge in [-0.15, -0.1) is 0 Å². The van der Waals surface area contributed by atoms with E-state index in [1.54, 1.807) is 0 Å². The van der Waals surface area contributed by atoms with E-state index in [2.05, 4.69) is 33.0 Å². The van der Waals surface area contributed by atoms with E-state index in [4.69, 9.17) is 5.73 Å². The van der Waals surface area contributed by atoms with E-state index in [-0.39, 0.29) is 0 Å². The van der Waals surface area contributed by atoms with Gasteiger partial charge in [0.05, 0.1) is 0 Å². The molecule has 3 N–H and O–H groups in total. The zero-order valence-corrected chi connectivity index (χ0v) is 10.4. The Balaban J connectivity index is 3.34. The van der Waals surface area contributed by atoms with Gasteiger partial charge in [0.15, 0.2) is 0 Å². The maximum atomic E-state index is 5.56. The van der Waals surface area contributed by atoms with Gasteiger partial charge in [0.25, 0.3) is 0 Å². The van der Waals surface area contributed by atoms with E-state index in [1.165, 1.54) is 12.8 Å². The Morgan fingerprint density at radius 2 is 1.93 bits per heavy atom. The second-order valence-corrected chi connectivity index (χ2v) is 5.42. The fourth-order valence-electron chi connectivity index (χ4n) is 1.54. The molecule has 2 nitrogen and oxygen atoms in total. The van der Waals surface area contributed by atoms with Crippen molar-refractivity contribution in [2.45, 2.75) is 47.0 Å². The summed E-state index contributed by atoms with van der Waals surface area (Å²) in [7, 11) is 0. The van der Waals surface area contributed by atoms with Crippen LogP contribution in [-0.4, -0.2) is 19.6 Å². The summed E-state index contributed by atoms with van der Waals surface area (Å²) in [4.78, 5) is 0. The van der Waals surface area contributed by atoms with E-state index >= 15 is 0 Å². The molecule has 0 atom stereocenters. The number of rotatable bonds is 8. The van der Waals surface area contributed by atoms with Crippen LogP contribution in [0.2, 0.25) is 0 Å². The number of nitrogens with two attached hydrogens (primary N) is 1. The molecule has 0 fully saturated rings. The van der Waals surface area contributed by atoms with Crippen molar-refractivity contribution in [3.63, 3.8) is 0 Å². The van der Waals surface area contributed by atoms with Gasteiger partial charge in [-0.2, -0.15) is 0 Å². The van der Waals surface area contributed by atoms with E-state index < -0.39 is 0 Å². The van der Waals surface area contributed by atoms with Crippen LogP contribution in [0.25, 0.3) is 0 Å². The predicted octanol–water partition coefficient (Wildman–Crippen LogP) is 2.39. The van der Waals surface area contributed by atoms with E-state index in [9.17, 15) is 0 Å². The fourth-order valence-corrected chi connectivity index (χ4v) is 1.54. The molecule has 0 aromatic carbocycles. The lowest BCUT2D eigenvalue weighted by Crippen LogP contribution is -2.31. The van der Waals surface area contributed by atoms with Crippen LogP contribution in [0, 0.1) is 11.3 Å². The van der Waals surface area contributed by atoms with Crippen LogP contribution in [0.4, 0.5) is 0 Å². The molecule has 0 heterocycles. The molecule has 0 aliphatic rings. The first-order chi connectivity index (χ1) is 6.48. The normalized spacial score (nSPS) is 12.4. The van der Waals surface area contributed by atoms with Crippen LogP contribution < -0.4 is 11.1 Å². The Kier molecular flexibility index (Phi) is 7.20. The lowest BCUT2D eigenvalue weighted by atomic mass is 9.89. The van der Waals surface area contributed by atoms with Crippen molar-refractivity contribution in [1.29, 1.82) is 0 Å². The third kappa shape index (κ3) is 8.52. The van der Waals surface area contributed by atoms with E-state index in [0.717, 1.165) is 32.0 Å². The smallest absolute Gasteiger partial charge is 0.000299 e. The molecule has 0 bridgehead atoms. The molecule has 0 rings (SSSR count). The van der Waals surface area contributed by atoms with Gasteiger partial charge in [0.2, 0.25) is 0 Å². The summed E-state index contributed by atoms with van der Waals surface area (Å²) in [6.07, 6.45) is 3.71. The minimum Gasteiger partial charge on any atom is -0.330 e. The van der Waals surface area contributed by atoms with Crippen molar-refractivity contribution < 1.29 is 0 Å². The van der Waals surface area contributed by atoms with Crippen LogP contribution >= 0.6 is 0 Å². The molecule has 0 aliphatic heterocycles. The van der Waals surface area contributed by atoms with Crippen molar-refractivity contribution in [1.82, 2.24) is 5.32 Å². The van der Waals surface area contributed by atoms with Gasteiger partial charge in [-0.1, -0.05) is 27.7 Å². The Labute approximate surface area is 89.6 Å². The molecule has 0 saturated carbocycles. The van der Waals surface area contributed by atoms with Crippen molar-refractivity contribution in [3.8, 4) is 0 Å². The lowest BCUT2D eigenvalue weighted by molar-refractivity contribution is 0.317. The topological polar surface area (TPSA) is 38.0 Å². The third-order valence-electron chi connectivity index (χ3n) is 2.56. The van der Waals surface area contributed by atoms with Gasteiger partial charge in [-0.05, 0) is 43.7 Å². The minimum absolute atomic E-state index is 0.354. The van der Waals surface area contributed by atoms with Crippen LogP contribution in [0.1, 0.15) is 47.0 Å². The first-order valence-electron chi connectivity index (χ1n) is 5.89. The van der Waals surface area contributed by atoms with Gasteiger partial charge in [0.1, 0.15) is 0 Å². The quantitative estimate of drug-likeness (QED) is 0.590. The zero-order valence-electron chi connectivity index (χ0n) is 10.4. The molecule has 0 saturated heterocycles. The second kappa shape index (κ2) is 7.24. The number of nitrogens with one attached hydrogen (secondary N) is 1. The standard InChI is InChI=1S/C12H28N2/c1-11(2)6-5-9-14-10-12(3,4)7-8-13/h11,14H,5-10,13H2,1-4H3. The molecule has 2 heteroatoms. The van der Waals surface area contributed by atoms with Crippen molar-refractivity contribution in [2.24, 2.45) is 17.1 Å². The summed E-state index contributed by atoms with van der Waals surface area (Å²) in [6, 6.07) is 0. The Morgan fingerprint density at radius 1 is 1.29 bits per heavy atom. The summed E-state index contributed by atoms with van der Waals surface area (Å²) < 4.78 is 0. The summed E-state index contributed by atoms with van der Waals surface area (Å²) in [5.74, 6) is 0.828. The SMILES string of the molecule is CC(C)CCCNCC(C)(C)CCN. The molecule has 0 aromatic rings. The van der Waals surface area contributed by atoms with Gasteiger partial charge in [-0.25, -0.2) is 0 Å². The first-order valence-corrected chi connectivity index (χ1v) is 5.89. The molecule has 86 valence electrons. The molecule has 14 heavy (non-hydrogen) atoms. The molecule has 0 radical (unpaired) electrons. The minimum atomic E-state index is 0.354. The van der Waals surface area contributed by atoms with Gasteiger partial charge in [0, 0.05) is 6.54 Å². The van der Waals surface area contributed by atoms with Crippen LogP contribution in [0.3, 0.4) is 0 Å². The summed E-state index contributed by atoms with van der Waals surface area (Å²) in [5.41, 5.74) is 5.91. The Morgan fingerprint density at radius 3 is 2.43 bits per heavy atom. The predicted molar refractivity (Wildman–Crippen MR) is 64.4 cm³/mol. The van der Waals surface area contributed by atoms with Gasteiger partial charge in [-0.3, -0.25) is 0 Å². The third-order valence-corrected chi connectivity index (χ3v) is 2.56. The summed E-state index contributed by atoms with van der Waals surface area (Å²) in [5, 5.41) is 3.51. The van der Waals surface area contributed by atoms with Gasteiger partial charge >= 0.3 is 0 Å². The zero-order chi connectivity index (χ0) is 11.0. The number of hydrogen-bond acceptors (Lipinski definition) is 2. The largest absolute Gasteiger partial charge is 0.330 e. The highest BCUT2D eigenvalue weighted by Crippen LogP contribution is 2.17. The fraction of sp³-hybridized carbons (Fsp3) is 1.00. The lowest BCUT2D eigenvalue weighted by Gasteiger charge is -2.24. The van der Waals surface area contributed by atoms with Crippen molar-refractivity contribution in [3.05, 3.63) is 0 Å². The molecular formula is C12H28N2. The molecule has 0 unspecified atom stereocenters. The van der Waals surface area contributed by atoms with E-state index in [0.29, 0.717) is 5.41 Å². The van der Waals surface area contributed by atoms with Crippen molar-refractivity contribution in [2.75, 3.05) is 19.6 Å². The number of hydrogen-bond donors (Lipinski definition) is 2. The molecular weight excluding hydrogens is 172 g/mol. The molecule has 0 aromatic heterocycles. The monoisotopic (exact) mass is 200 g/mol.